The molecule has 0 radical (unpaired) electrons. The van der Waals surface area contributed by atoms with Crippen LogP contribution in [0.4, 0.5) is 11.4 Å². The molecule has 19 heavy (non-hydrogen) atoms. The lowest BCUT2D eigenvalue weighted by Gasteiger charge is -2.36. The minimum absolute atomic E-state index is 0.842. The molecule has 104 valence electrons. The van der Waals surface area contributed by atoms with Gasteiger partial charge in [-0.3, -0.25) is 0 Å². The van der Waals surface area contributed by atoms with Gasteiger partial charge in [-0.1, -0.05) is 13.8 Å². The molecule has 2 heterocycles. The highest BCUT2D eigenvalue weighted by molar-refractivity contribution is 5.61. The molecule has 3 rings (SSSR count). The lowest BCUT2D eigenvalue weighted by Crippen LogP contribution is -2.35. The maximum atomic E-state index is 3.50. The minimum Gasteiger partial charge on any atom is -0.385 e. The molecule has 1 aromatic rings. The fourth-order valence-electron chi connectivity index (χ4n) is 3.48. The normalized spacial score (nSPS) is 20.3. The molecule has 0 aromatic heterocycles. The van der Waals surface area contributed by atoms with Crippen LogP contribution in [-0.2, 0) is 6.42 Å². The van der Waals surface area contributed by atoms with Crippen molar-refractivity contribution >= 4 is 11.4 Å². The van der Waals surface area contributed by atoms with E-state index in [-0.39, 0.29) is 0 Å². The number of aryl methyl sites for hydroxylation is 1. The van der Waals surface area contributed by atoms with E-state index < -0.39 is 0 Å². The topological polar surface area (TPSA) is 15.3 Å². The van der Waals surface area contributed by atoms with Gasteiger partial charge in [-0.25, -0.2) is 0 Å². The van der Waals surface area contributed by atoms with Gasteiger partial charge < -0.3 is 10.2 Å². The summed E-state index contributed by atoms with van der Waals surface area (Å²) in [5, 5.41) is 3.50. The van der Waals surface area contributed by atoms with Crippen molar-refractivity contribution < 1.29 is 0 Å². The molecular formula is C17H26N2. The summed E-state index contributed by atoms with van der Waals surface area (Å²) in [7, 11) is 0. The maximum absolute atomic E-state index is 3.50. The Morgan fingerprint density at radius 2 is 2.00 bits per heavy atom. The van der Waals surface area contributed by atoms with E-state index in [2.05, 4.69) is 42.3 Å². The SMILES string of the molecule is CC(C)C1CCN(c2ccc3c(c2)CCCN3)CC1. The van der Waals surface area contributed by atoms with Crippen LogP contribution in [0.2, 0.25) is 0 Å². The van der Waals surface area contributed by atoms with Gasteiger partial charge in [0, 0.05) is 31.0 Å². The van der Waals surface area contributed by atoms with Crippen molar-refractivity contribution in [1.82, 2.24) is 0 Å². The van der Waals surface area contributed by atoms with Gasteiger partial charge in [0.15, 0.2) is 0 Å². The Hall–Kier alpha value is -1.18. The Kier molecular flexibility index (Phi) is 3.67. The number of rotatable bonds is 2. The third-order valence-electron chi connectivity index (χ3n) is 4.87. The fraction of sp³-hybridized carbons (Fsp3) is 0.647. The average Bonchev–Trinajstić information content (AvgIpc) is 2.47. The Morgan fingerprint density at radius 1 is 1.21 bits per heavy atom. The molecule has 2 aliphatic rings. The van der Waals surface area contributed by atoms with Crippen molar-refractivity contribution in [3.05, 3.63) is 23.8 Å². The molecule has 1 saturated heterocycles. The number of nitrogens with one attached hydrogen (secondary N) is 1. The Labute approximate surface area is 117 Å². The minimum atomic E-state index is 0.842. The first-order valence-corrected chi connectivity index (χ1v) is 7.86. The van der Waals surface area contributed by atoms with Crippen LogP contribution in [0.3, 0.4) is 0 Å². The van der Waals surface area contributed by atoms with E-state index in [0.717, 1.165) is 18.4 Å². The summed E-state index contributed by atoms with van der Waals surface area (Å²) in [4.78, 5) is 2.58. The van der Waals surface area contributed by atoms with Crippen LogP contribution in [0.1, 0.15) is 38.7 Å². The van der Waals surface area contributed by atoms with E-state index in [1.165, 1.54) is 55.7 Å². The van der Waals surface area contributed by atoms with Crippen LogP contribution >= 0.6 is 0 Å². The third-order valence-corrected chi connectivity index (χ3v) is 4.87. The summed E-state index contributed by atoms with van der Waals surface area (Å²) >= 11 is 0. The predicted octanol–water partition coefficient (Wildman–Crippen LogP) is 3.92. The lowest BCUT2D eigenvalue weighted by molar-refractivity contribution is 0.311. The number of hydrogen-bond acceptors (Lipinski definition) is 2. The largest absolute Gasteiger partial charge is 0.385 e. The van der Waals surface area contributed by atoms with Gasteiger partial charge in [0.2, 0.25) is 0 Å². The van der Waals surface area contributed by atoms with Crippen LogP contribution in [-0.4, -0.2) is 19.6 Å². The van der Waals surface area contributed by atoms with Crippen molar-refractivity contribution in [2.75, 3.05) is 29.9 Å². The molecule has 2 nitrogen and oxygen atoms in total. The van der Waals surface area contributed by atoms with Crippen molar-refractivity contribution in [3.63, 3.8) is 0 Å². The quantitative estimate of drug-likeness (QED) is 0.865. The van der Waals surface area contributed by atoms with Crippen molar-refractivity contribution in [3.8, 4) is 0 Å². The molecule has 0 atom stereocenters. The number of anilines is 2. The highest BCUT2D eigenvalue weighted by atomic mass is 15.1. The summed E-state index contributed by atoms with van der Waals surface area (Å²) < 4.78 is 0. The highest BCUT2D eigenvalue weighted by Gasteiger charge is 2.22. The Bertz CT molecular complexity index is 431. The second-order valence-corrected chi connectivity index (χ2v) is 6.44. The zero-order valence-electron chi connectivity index (χ0n) is 12.3. The van der Waals surface area contributed by atoms with E-state index in [1.54, 1.807) is 0 Å². The number of benzene rings is 1. The molecule has 0 unspecified atom stereocenters. The molecule has 2 heteroatoms. The summed E-state index contributed by atoms with van der Waals surface area (Å²) in [5.74, 6) is 1.77. The van der Waals surface area contributed by atoms with Crippen LogP contribution in [0.5, 0.6) is 0 Å². The average molecular weight is 258 g/mol. The fourth-order valence-corrected chi connectivity index (χ4v) is 3.48. The number of piperidine rings is 1. The molecule has 0 spiro atoms. The molecule has 0 amide bonds. The molecule has 0 saturated carbocycles. The van der Waals surface area contributed by atoms with E-state index in [4.69, 9.17) is 0 Å². The zero-order valence-corrected chi connectivity index (χ0v) is 12.3. The first-order chi connectivity index (χ1) is 9.24. The van der Waals surface area contributed by atoms with Crippen LogP contribution in [0.25, 0.3) is 0 Å². The van der Waals surface area contributed by atoms with E-state index in [0.29, 0.717) is 0 Å². The standard InChI is InChI=1S/C17H26N2/c1-13(2)14-7-10-19(11-8-14)16-5-6-17-15(12-16)4-3-9-18-17/h5-6,12-14,18H,3-4,7-11H2,1-2H3. The molecule has 1 N–H and O–H groups in total. The van der Waals surface area contributed by atoms with Crippen molar-refractivity contribution in [2.24, 2.45) is 11.8 Å². The van der Waals surface area contributed by atoms with Gasteiger partial charge in [-0.15, -0.1) is 0 Å². The van der Waals surface area contributed by atoms with Crippen LogP contribution in [0.15, 0.2) is 18.2 Å². The summed E-state index contributed by atoms with van der Waals surface area (Å²) in [5.41, 5.74) is 4.30. The maximum Gasteiger partial charge on any atom is 0.0374 e. The summed E-state index contributed by atoms with van der Waals surface area (Å²) in [6.45, 7) is 8.33. The number of hydrogen-bond donors (Lipinski definition) is 1. The van der Waals surface area contributed by atoms with Crippen LogP contribution < -0.4 is 10.2 Å². The monoisotopic (exact) mass is 258 g/mol. The number of fused-ring (bicyclic) bond motifs is 1. The van der Waals surface area contributed by atoms with E-state index >= 15 is 0 Å². The number of nitrogens with zero attached hydrogens (tertiary/aromatic N) is 1. The van der Waals surface area contributed by atoms with Gasteiger partial charge in [0.1, 0.15) is 0 Å². The van der Waals surface area contributed by atoms with E-state index in [1.807, 2.05) is 0 Å². The molecular weight excluding hydrogens is 232 g/mol. The van der Waals surface area contributed by atoms with Gasteiger partial charge >= 0.3 is 0 Å². The Morgan fingerprint density at radius 3 is 2.74 bits per heavy atom. The third kappa shape index (κ3) is 2.72. The van der Waals surface area contributed by atoms with Crippen molar-refractivity contribution in [1.29, 1.82) is 0 Å². The molecule has 0 bridgehead atoms. The second kappa shape index (κ2) is 5.44. The molecule has 2 aliphatic heterocycles. The molecule has 1 aromatic carbocycles. The van der Waals surface area contributed by atoms with Gasteiger partial charge in [0.25, 0.3) is 0 Å². The van der Waals surface area contributed by atoms with Crippen LogP contribution in [0, 0.1) is 11.8 Å². The first kappa shape index (κ1) is 12.8. The van der Waals surface area contributed by atoms with Gasteiger partial charge in [0.05, 0.1) is 0 Å². The summed E-state index contributed by atoms with van der Waals surface area (Å²) in [6, 6.07) is 6.99. The summed E-state index contributed by atoms with van der Waals surface area (Å²) in [6.07, 6.45) is 5.21. The van der Waals surface area contributed by atoms with Crippen molar-refractivity contribution in [2.45, 2.75) is 39.5 Å². The Balaban J connectivity index is 1.70. The van der Waals surface area contributed by atoms with Gasteiger partial charge in [-0.2, -0.15) is 0 Å². The zero-order chi connectivity index (χ0) is 13.2. The predicted molar refractivity (Wildman–Crippen MR) is 83.0 cm³/mol. The highest BCUT2D eigenvalue weighted by Crippen LogP contribution is 2.31. The molecule has 0 aliphatic carbocycles. The van der Waals surface area contributed by atoms with E-state index in [9.17, 15) is 0 Å². The second-order valence-electron chi connectivity index (χ2n) is 6.44. The van der Waals surface area contributed by atoms with Gasteiger partial charge in [-0.05, 0) is 61.3 Å². The first-order valence-electron chi connectivity index (χ1n) is 7.86. The lowest BCUT2D eigenvalue weighted by atomic mass is 9.86. The molecule has 1 fully saturated rings. The smallest absolute Gasteiger partial charge is 0.0374 e.